The number of halogens is 3. The fourth-order valence-corrected chi connectivity index (χ4v) is 3.65. The molecule has 162 valence electrons. The zero-order chi connectivity index (χ0) is 22.0. The summed E-state index contributed by atoms with van der Waals surface area (Å²) in [5, 5.41) is 4.03. The summed E-state index contributed by atoms with van der Waals surface area (Å²) in [6.45, 7) is 1.10. The third-order valence-corrected chi connectivity index (χ3v) is 5.16. The summed E-state index contributed by atoms with van der Waals surface area (Å²) < 4.78 is 47.3. The molecule has 1 fully saturated rings. The second kappa shape index (κ2) is 8.50. The lowest BCUT2D eigenvalue weighted by atomic mass is 10.0. The maximum absolute atomic E-state index is 13.3. The second-order valence-corrected chi connectivity index (χ2v) is 7.40. The lowest BCUT2D eigenvalue weighted by Crippen LogP contribution is -2.42. The molecule has 0 N–H and O–H groups in total. The van der Waals surface area contributed by atoms with Crippen molar-refractivity contribution in [2.75, 3.05) is 19.7 Å². The van der Waals surface area contributed by atoms with Gasteiger partial charge in [-0.3, -0.25) is 14.5 Å². The molecule has 0 saturated carbocycles. The number of nitrogens with zero attached hydrogens (tertiary/aromatic N) is 4. The molecule has 0 radical (unpaired) electrons. The highest BCUT2D eigenvalue weighted by Gasteiger charge is 2.33. The van der Waals surface area contributed by atoms with Gasteiger partial charge in [0.15, 0.2) is 0 Å². The predicted octanol–water partition coefficient (Wildman–Crippen LogP) is 3.64. The van der Waals surface area contributed by atoms with Gasteiger partial charge in [0.2, 0.25) is 0 Å². The van der Waals surface area contributed by atoms with Crippen molar-refractivity contribution < 1.29 is 22.7 Å². The molecule has 0 unspecified atom stereocenters. The number of benzene rings is 1. The van der Waals surface area contributed by atoms with Crippen LogP contribution in [0.4, 0.5) is 13.2 Å². The third-order valence-electron chi connectivity index (χ3n) is 5.16. The minimum Gasteiger partial charge on any atom is -0.368 e. The Labute approximate surface area is 177 Å². The van der Waals surface area contributed by atoms with Crippen LogP contribution in [0.25, 0.3) is 0 Å². The topological polar surface area (TPSA) is 60.2 Å². The second-order valence-electron chi connectivity index (χ2n) is 7.40. The highest BCUT2D eigenvalue weighted by molar-refractivity contribution is 5.93. The normalized spacial score (nSPS) is 17.0. The molecule has 0 bridgehead atoms. The van der Waals surface area contributed by atoms with Crippen LogP contribution in [0.3, 0.4) is 0 Å². The van der Waals surface area contributed by atoms with Crippen LogP contribution >= 0.6 is 0 Å². The van der Waals surface area contributed by atoms with Crippen molar-refractivity contribution in [3.8, 4) is 0 Å². The molecule has 2 aromatic heterocycles. The summed E-state index contributed by atoms with van der Waals surface area (Å²) in [6.07, 6.45) is -1.65. The summed E-state index contributed by atoms with van der Waals surface area (Å²) in [7, 11) is 1.74. The molecule has 3 heterocycles. The van der Waals surface area contributed by atoms with Gasteiger partial charge < -0.3 is 9.64 Å². The van der Waals surface area contributed by atoms with Crippen LogP contribution in [-0.2, 0) is 24.4 Å². The Morgan fingerprint density at radius 1 is 1.19 bits per heavy atom. The summed E-state index contributed by atoms with van der Waals surface area (Å²) in [6, 6.07) is 10.7. The highest BCUT2D eigenvalue weighted by atomic mass is 19.4. The fraction of sp³-hybridized carbons (Fsp3) is 0.318. The number of hydrogen-bond donors (Lipinski definition) is 0. The van der Waals surface area contributed by atoms with Crippen molar-refractivity contribution in [3.63, 3.8) is 0 Å². The first-order chi connectivity index (χ1) is 14.8. The van der Waals surface area contributed by atoms with Gasteiger partial charge in [-0.15, -0.1) is 0 Å². The van der Waals surface area contributed by atoms with Gasteiger partial charge in [-0.05, 0) is 23.8 Å². The molecule has 1 saturated heterocycles. The number of amides is 1. The van der Waals surface area contributed by atoms with E-state index >= 15 is 0 Å². The maximum atomic E-state index is 13.3. The van der Waals surface area contributed by atoms with Crippen LogP contribution in [-0.4, -0.2) is 45.3 Å². The molecule has 3 aromatic rings. The van der Waals surface area contributed by atoms with Gasteiger partial charge in [0, 0.05) is 31.9 Å². The Kier molecular flexibility index (Phi) is 5.77. The number of ether oxygens (including phenoxy) is 1. The number of carbonyl (C=O) groups excluding carboxylic acids is 1. The van der Waals surface area contributed by atoms with Gasteiger partial charge in [0.05, 0.1) is 36.2 Å². The lowest BCUT2D eigenvalue weighted by molar-refractivity contribution is -0.138. The van der Waals surface area contributed by atoms with Crippen molar-refractivity contribution in [2.45, 2.75) is 18.7 Å². The molecule has 6 nitrogen and oxygen atoms in total. The van der Waals surface area contributed by atoms with Crippen LogP contribution in [0.15, 0.2) is 54.9 Å². The zero-order valence-corrected chi connectivity index (χ0v) is 16.8. The molecule has 1 aliphatic rings. The van der Waals surface area contributed by atoms with Crippen LogP contribution < -0.4 is 0 Å². The minimum atomic E-state index is -4.42. The molecule has 4 rings (SSSR count). The molecule has 1 aliphatic heterocycles. The smallest absolute Gasteiger partial charge is 0.368 e. The Morgan fingerprint density at radius 3 is 2.74 bits per heavy atom. The molecular formula is C22H21F3N4O2. The van der Waals surface area contributed by atoms with Crippen LogP contribution in [0, 0.1) is 0 Å². The number of morpholine rings is 1. The van der Waals surface area contributed by atoms with Gasteiger partial charge >= 0.3 is 6.18 Å². The highest BCUT2D eigenvalue weighted by Crippen LogP contribution is 2.33. The first kappa shape index (κ1) is 21.0. The average molecular weight is 430 g/mol. The fourth-order valence-electron chi connectivity index (χ4n) is 3.65. The first-order valence-electron chi connectivity index (χ1n) is 9.82. The van der Waals surface area contributed by atoms with Crippen LogP contribution in [0.5, 0.6) is 0 Å². The number of aromatic nitrogens is 3. The number of aryl methyl sites for hydroxylation is 1. The summed E-state index contributed by atoms with van der Waals surface area (Å²) in [5.74, 6) is -0.142. The molecule has 31 heavy (non-hydrogen) atoms. The van der Waals surface area contributed by atoms with Crippen molar-refractivity contribution in [2.24, 2.45) is 7.05 Å². The van der Waals surface area contributed by atoms with Gasteiger partial charge in [-0.2, -0.15) is 18.3 Å². The van der Waals surface area contributed by atoms with E-state index < -0.39 is 17.8 Å². The van der Waals surface area contributed by atoms with E-state index in [0.29, 0.717) is 36.6 Å². The Hall–Kier alpha value is -3.20. The molecule has 0 aliphatic carbocycles. The van der Waals surface area contributed by atoms with E-state index in [-0.39, 0.29) is 17.9 Å². The van der Waals surface area contributed by atoms with E-state index in [1.165, 1.54) is 18.3 Å². The van der Waals surface area contributed by atoms with Crippen molar-refractivity contribution in [1.29, 1.82) is 0 Å². The van der Waals surface area contributed by atoms with Gasteiger partial charge in [-0.1, -0.05) is 24.3 Å². The quantitative estimate of drug-likeness (QED) is 0.634. The van der Waals surface area contributed by atoms with E-state index in [1.54, 1.807) is 47.1 Å². The van der Waals surface area contributed by atoms with E-state index in [2.05, 4.69) is 10.1 Å². The molecule has 1 aromatic carbocycles. The van der Waals surface area contributed by atoms with E-state index in [0.717, 1.165) is 6.07 Å². The Morgan fingerprint density at radius 2 is 2.00 bits per heavy atom. The van der Waals surface area contributed by atoms with Crippen LogP contribution in [0.2, 0.25) is 0 Å². The average Bonchev–Trinajstić information content (AvgIpc) is 3.19. The lowest BCUT2D eigenvalue weighted by Gasteiger charge is -2.32. The zero-order valence-electron chi connectivity index (χ0n) is 16.8. The third kappa shape index (κ3) is 4.77. The number of rotatable bonds is 4. The molecule has 0 spiro atoms. The molecule has 1 atom stereocenters. The standard InChI is InChI=1S/C22H21F3N4O2/c1-28-13-16(12-26-28)21(30)29-9-10-31-20(14-29)19-8-4-6-17(27-19)11-15-5-2-3-7-18(15)22(23,24)25/h2-8,12-13,20H,9-11,14H2,1H3/t20-/m1/s1. The summed E-state index contributed by atoms with van der Waals surface area (Å²) in [4.78, 5) is 18.9. The maximum Gasteiger partial charge on any atom is 0.416 e. The van der Waals surface area contributed by atoms with Crippen molar-refractivity contribution >= 4 is 5.91 Å². The number of carbonyl (C=O) groups is 1. The van der Waals surface area contributed by atoms with Gasteiger partial charge in [-0.25, -0.2) is 0 Å². The monoisotopic (exact) mass is 430 g/mol. The largest absolute Gasteiger partial charge is 0.416 e. The number of alkyl halides is 3. The van der Waals surface area contributed by atoms with E-state index in [1.807, 2.05) is 0 Å². The SMILES string of the molecule is Cn1cc(C(=O)N2CCO[C@@H](c3cccc(Cc4ccccc4C(F)(F)F)n3)C2)cn1. The molecule has 1 amide bonds. The first-order valence-corrected chi connectivity index (χ1v) is 9.82. The van der Waals surface area contributed by atoms with E-state index in [4.69, 9.17) is 4.74 Å². The van der Waals surface area contributed by atoms with Crippen molar-refractivity contribution in [3.05, 3.63) is 82.9 Å². The summed E-state index contributed by atoms with van der Waals surface area (Å²) in [5.41, 5.74) is 1.09. The van der Waals surface area contributed by atoms with Crippen LogP contribution in [0.1, 0.15) is 39.0 Å². The van der Waals surface area contributed by atoms with E-state index in [9.17, 15) is 18.0 Å². The van der Waals surface area contributed by atoms with Crippen molar-refractivity contribution in [1.82, 2.24) is 19.7 Å². The van der Waals surface area contributed by atoms with Gasteiger partial charge in [0.1, 0.15) is 6.10 Å². The number of hydrogen-bond acceptors (Lipinski definition) is 4. The molecular weight excluding hydrogens is 409 g/mol. The number of pyridine rings is 1. The summed E-state index contributed by atoms with van der Waals surface area (Å²) >= 11 is 0. The minimum absolute atomic E-state index is 0.0502. The Bertz CT molecular complexity index is 1080. The van der Waals surface area contributed by atoms with Gasteiger partial charge in [0.25, 0.3) is 5.91 Å². The molecule has 9 heteroatoms. The predicted molar refractivity (Wildman–Crippen MR) is 106 cm³/mol. The Balaban J connectivity index is 1.51.